The molecule has 0 aromatic rings. The normalized spacial score (nSPS) is 20.5. The number of nitrogens with one attached hydrogen (secondary N) is 2. The summed E-state index contributed by atoms with van der Waals surface area (Å²) in [6.07, 6.45) is 1.28. The van der Waals surface area contributed by atoms with Gasteiger partial charge < -0.3 is 15.4 Å². The molecular weight excluding hydrogens is 212 g/mol. The highest BCUT2D eigenvalue weighted by atomic mass is 32.2. The lowest BCUT2D eigenvalue weighted by Gasteiger charge is -2.09. The summed E-state index contributed by atoms with van der Waals surface area (Å²) in [6, 6.07) is 0. The van der Waals surface area contributed by atoms with Gasteiger partial charge in [-0.2, -0.15) is 11.8 Å². The number of ether oxygens (including phenoxy) is 1. The first-order valence-electron chi connectivity index (χ1n) is 5.37. The predicted molar refractivity (Wildman–Crippen MR) is 63.2 cm³/mol. The molecular formula is C10H20N2O2S. The van der Waals surface area contributed by atoms with Crippen LogP contribution in [-0.4, -0.2) is 50.8 Å². The zero-order valence-electron chi connectivity index (χ0n) is 9.25. The van der Waals surface area contributed by atoms with E-state index in [2.05, 4.69) is 10.6 Å². The molecule has 2 N–H and O–H groups in total. The molecule has 0 aromatic heterocycles. The maximum atomic E-state index is 11.3. The van der Waals surface area contributed by atoms with E-state index in [0.29, 0.717) is 19.7 Å². The molecule has 1 heterocycles. The van der Waals surface area contributed by atoms with E-state index in [4.69, 9.17) is 4.74 Å². The van der Waals surface area contributed by atoms with Gasteiger partial charge in [0.15, 0.2) is 0 Å². The van der Waals surface area contributed by atoms with E-state index in [0.717, 1.165) is 12.5 Å². The molecule has 0 spiro atoms. The zero-order chi connectivity index (χ0) is 10.9. The average Bonchev–Trinajstić information content (AvgIpc) is 2.71. The zero-order valence-corrected chi connectivity index (χ0v) is 10.1. The second-order valence-electron chi connectivity index (χ2n) is 3.70. The third-order valence-electron chi connectivity index (χ3n) is 2.37. The molecule has 88 valence electrons. The Balaban J connectivity index is 1.91. The minimum absolute atomic E-state index is 0.0534. The highest BCUT2D eigenvalue weighted by Crippen LogP contribution is 2.22. The van der Waals surface area contributed by atoms with Gasteiger partial charge in [0, 0.05) is 13.7 Å². The number of thioether (sulfide) groups is 1. The van der Waals surface area contributed by atoms with Crippen LogP contribution in [0, 0.1) is 5.92 Å². The minimum atomic E-state index is 0.0534. The Morgan fingerprint density at radius 3 is 3.13 bits per heavy atom. The summed E-state index contributed by atoms with van der Waals surface area (Å²) in [6.45, 7) is 2.55. The molecule has 1 atom stereocenters. The molecule has 5 heteroatoms. The highest BCUT2D eigenvalue weighted by molar-refractivity contribution is 7.99. The molecule has 1 amide bonds. The maximum absolute atomic E-state index is 11.3. The average molecular weight is 232 g/mol. The van der Waals surface area contributed by atoms with Gasteiger partial charge in [0.25, 0.3) is 0 Å². The number of hydrogen-bond acceptors (Lipinski definition) is 4. The summed E-state index contributed by atoms with van der Waals surface area (Å²) in [5.41, 5.74) is 0. The van der Waals surface area contributed by atoms with Gasteiger partial charge in [0.05, 0.1) is 13.2 Å². The van der Waals surface area contributed by atoms with Crippen molar-refractivity contribution in [1.29, 1.82) is 0 Å². The second-order valence-corrected chi connectivity index (χ2v) is 4.85. The Morgan fingerprint density at radius 2 is 2.47 bits per heavy atom. The van der Waals surface area contributed by atoms with Crippen molar-refractivity contribution < 1.29 is 9.53 Å². The molecule has 0 bridgehead atoms. The van der Waals surface area contributed by atoms with Gasteiger partial charge in [-0.15, -0.1) is 0 Å². The lowest BCUT2D eigenvalue weighted by molar-refractivity contribution is -0.120. The summed E-state index contributed by atoms with van der Waals surface area (Å²) >= 11 is 2.00. The predicted octanol–water partition coefficient (Wildman–Crippen LogP) is 0.0917. The minimum Gasteiger partial charge on any atom is -0.383 e. The third kappa shape index (κ3) is 6.02. The summed E-state index contributed by atoms with van der Waals surface area (Å²) in [5, 5.41) is 5.97. The number of hydrogen-bond donors (Lipinski definition) is 2. The van der Waals surface area contributed by atoms with Gasteiger partial charge in [-0.3, -0.25) is 4.79 Å². The number of carbonyl (C=O) groups is 1. The fraction of sp³-hybridized carbons (Fsp3) is 0.900. The molecule has 4 nitrogen and oxygen atoms in total. The lowest BCUT2D eigenvalue weighted by Crippen LogP contribution is -2.37. The first-order chi connectivity index (χ1) is 7.33. The van der Waals surface area contributed by atoms with E-state index in [9.17, 15) is 4.79 Å². The van der Waals surface area contributed by atoms with Crippen LogP contribution in [0.5, 0.6) is 0 Å². The van der Waals surface area contributed by atoms with Crippen molar-refractivity contribution in [3.05, 3.63) is 0 Å². The fourth-order valence-electron chi connectivity index (χ4n) is 1.49. The van der Waals surface area contributed by atoms with E-state index in [-0.39, 0.29) is 5.91 Å². The van der Waals surface area contributed by atoms with Crippen molar-refractivity contribution in [1.82, 2.24) is 10.6 Å². The van der Waals surface area contributed by atoms with Gasteiger partial charge in [-0.25, -0.2) is 0 Å². The first kappa shape index (κ1) is 12.8. The molecule has 0 aromatic carbocycles. The van der Waals surface area contributed by atoms with Crippen molar-refractivity contribution in [3.63, 3.8) is 0 Å². The molecule has 1 fully saturated rings. The lowest BCUT2D eigenvalue weighted by atomic mass is 10.1. The molecule has 1 aliphatic heterocycles. The van der Waals surface area contributed by atoms with E-state index >= 15 is 0 Å². The van der Waals surface area contributed by atoms with Crippen LogP contribution in [0.4, 0.5) is 0 Å². The van der Waals surface area contributed by atoms with Gasteiger partial charge in [-0.05, 0) is 30.4 Å². The van der Waals surface area contributed by atoms with Gasteiger partial charge >= 0.3 is 0 Å². The third-order valence-corrected chi connectivity index (χ3v) is 3.60. The topological polar surface area (TPSA) is 50.4 Å². The smallest absolute Gasteiger partial charge is 0.234 e. The highest BCUT2D eigenvalue weighted by Gasteiger charge is 2.14. The van der Waals surface area contributed by atoms with Gasteiger partial charge in [-0.1, -0.05) is 0 Å². The molecule has 0 aliphatic carbocycles. The molecule has 1 saturated heterocycles. The van der Waals surface area contributed by atoms with Crippen molar-refractivity contribution in [2.45, 2.75) is 6.42 Å². The molecule has 1 rings (SSSR count). The summed E-state index contributed by atoms with van der Waals surface area (Å²) in [4.78, 5) is 11.3. The van der Waals surface area contributed by atoms with Crippen LogP contribution in [0.1, 0.15) is 6.42 Å². The molecule has 1 unspecified atom stereocenters. The number of methoxy groups -OCH3 is 1. The monoisotopic (exact) mass is 232 g/mol. The molecule has 0 radical (unpaired) electrons. The molecule has 0 saturated carbocycles. The Hall–Kier alpha value is -0.260. The van der Waals surface area contributed by atoms with Crippen LogP contribution in [-0.2, 0) is 9.53 Å². The summed E-state index contributed by atoms with van der Waals surface area (Å²) < 4.78 is 4.84. The second kappa shape index (κ2) is 7.96. The Morgan fingerprint density at radius 1 is 1.60 bits per heavy atom. The van der Waals surface area contributed by atoms with Crippen LogP contribution in [0.3, 0.4) is 0 Å². The quantitative estimate of drug-likeness (QED) is 0.611. The van der Waals surface area contributed by atoms with Crippen molar-refractivity contribution in [3.8, 4) is 0 Å². The van der Waals surface area contributed by atoms with Crippen molar-refractivity contribution >= 4 is 17.7 Å². The van der Waals surface area contributed by atoms with Crippen molar-refractivity contribution in [2.24, 2.45) is 5.92 Å². The Bertz CT molecular complexity index is 184. The summed E-state index contributed by atoms with van der Waals surface area (Å²) in [5.74, 6) is 3.31. The standard InChI is InChI=1S/C10H20N2O2S/c1-14-4-3-12-10(13)7-11-6-9-2-5-15-8-9/h9,11H,2-8H2,1H3,(H,12,13). The van der Waals surface area contributed by atoms with Crippen LogP contribution >= 0.6 is 11.8 Å². The fourth-order valence-corrected chi connectivity index (χ4v) is 2.77. The SMILES string of the molecule is COCCNC(=O)CNCC1CCSC1. The van der Waals surface area contributed by atoms with Gasteiger partial charge in [0.1, 0.15) is 0 Å². The van der Waals surface area contributed by atoms with E-state index in [1.165, 1.54) is 17.9 Å². The van der Waals surface area contributed by atoms with Crippen molar-refractivity contribution in [2.75, 3.05) is 44.9 Å². The van der Waals surface area contributed by atoms with Crippen LogP contribution in [0.15, 0.2) is 0 Å². The Kier molecular flexibility index (Phi) is 6.80. The maximum Gasteiger partial charge on any atom is 0.234 e. The molecule has 1 aliphatic rings. The van der Waals surface area contributed by atoms with E-state index in [1.807, 2.05) is 11.8 Å². The van der Waals surface area contributed by atoms with E-state index < -0.39 is 0 Å². The Labute approximate surface area is 95.5 Å². The molecule has 15 heavy (non-hydrogen) atoms. The number of rotatable bonds is 7. The first-order valence-corrected chi connectivity index (χ1v) is 6.52. The van der Waals surface area contributed by atoms with Crippen LogP contribution < -0.4 is 10.6 Å². The number of amides is 1. The van der Waals surface area contributed by atoms with E-state index in [1.54, 1.807) is 7.11 Å². The van der Waals surface area contributed by atoms with Crippen LogP contribution in [0.2, 0.25) is 0 Å². The van der Waals surface area contributed by atoms with Gasteiger partial charge in [0.2, 0.25) is 5.91 Å². The largest absolute Gasteiger partial charge is 0.383 e. The summed E-state index contributed by atoms with van der Waals surface area (Å²) in [7, 11) is 1.63. The number of carbonyl (C=O) groups excluding carboxylic acids is 1. The van der Waals surface area contributed by atoms with Crippen LogP contribution in [0.25, 0.3) is 0 Å².